The second-order valence-corrected chi connectivity index (χ2v) is 3.74. The molecule has 0 aliphatic rings. The second kappa shape index (κ2) is 3.84. The van der Waals surface area contributed by atoms with Gasteiger partial charge in [-0.2, -0.15) is 0 Å². The summed E-state index contributed by atoms with van der Waals surface area (Å²) in [6.45, 7) is 1.83. The zero-order valence-corrected chi connectivity index (χ0v) is 8.33. The van der Waals surface area contributed by atoms with E-state index in [-0.39, 0.29) is 6.10 Å². The van der Waals surface area contributed by atoms with Crippen LogP contribution in [0.4, 0.5) is 0 Å². The van der Waals surface area contributed by atoms with E-state index in [1.54, 1.807) is 0 Å². The van der Waals surface area contributed by atoms with Crippen LogP contribution in [0.3, 0.4) is 0 Å². The van der Waals surface area contributed by atoms with Crippen molar-refractivity contribution >= 4 is 10.9 Å². The highest BCUT2D eigenvalue weighted by Gasteiger charge is 2.02. The molecule has 1 heterocycles. The molecule has 0 amide bonds. The Bertz CT molecular complexity index is 417. The lowest BCUT2D eigenvalue weighted by Gasteiger charge is -2.05. The van der Waals surface area contributed by atoms with Crippen LogP contribution in [-0.4, -0.2) is 16.2 Å². The Morgan fingerprint density at radius 1 is 1.36 bits per heavy atom. The van der Waals surface area contributed by atoms with Crippen molar-refractivity contribution in [2.75, 3.05) is 0 Å². The number of aliphatic hydroxyl groups excluding tert-OH is 1. The van der Waals surface area contributed by atoms with Crippen molar-refractivity contribution in [3.05, 3.63) is 36.0 Å². The largest absolute Gasteiger partial charge is 0.393 e. The van der Waals surface area contributed by atoms with Crippen LogP contribution < -0.4 is 0 Å². The minimum atomic E-state index is -0.218. The van der Waals surface area contributed by atoms with E-state index in [1.807, 2.05) is 13.1 Å². The molecule has 74 valence electrons. The Hall–Kier alpha value is -1.28. The molecule has 1 aromatic heterocycles. The molecule has 0 fully saturated rings. The average Bonchev–Trinajstić information content (AvgIpc) is 2.62. The molecule has 0 bridgehead atoms. The van der Waals surface area contributed by atoms with Crippen LogP contribution in [0.2, 0.25) is 0 Å². The van der Waals surface area contributed by atoms with E-state index in [9.17, 15) is 5.11 Å². The molecule has 0 aliphatic heterocycles. The van der Waals surface area contributed by atoms with Gasteiger partial charge in [0.15, 0.2) is 0 Å². The summed E-state index contributed by atoms with van der Waals surface area (Å²) in [5.74, 6) is 0. The first-order valence-corrected chi connectivity index (χ1v) is 5.00. The highest BCUT2D eigenvalue weighted by molar-refractivity contribution is 5.82. The molecule has 2 N–H and O–H groups in total. The highest BCUT2D eigenvalue weighted by Crippen LogP contribution is 2.18. The maximum Gasteiger partial charge on any atom is 0.0515 e. The zero-order valence-electron chi connectivity index (χ0n) is 8.33. The van der Waals surface area contributed by atoms with Gasteiger partial charge in [-0.15, -0.1) is 0 Å². The van der Waals surface area contributed by atoms with Gasteiger partial charge in [0.25, 0.3) is 0 Å². The van der Waals surface area contributed by atoms with Gasteiger partial charge in [0.05, 0.1) is 6.10 Å². The molecule has 2 rings (SSSR count). The van der Waals surface area contributed by atoms with Gasteiger partial charge in [-0.25, -0.2) is 0 Å². The third-order valence-corrected chi connectivity index (χ3v) is 2.52. The van der Waals surface area contributed by atoms with Crippen LogP contribution in [-0.2, 0) is 6.42 Å². The third kappa shape index (κ3) is 1.80. The molecule has 0 aliphatic carbocycles. The van der Waals surface area contributed by atoms with Gasteiger partial charge in [-0.1, -0.05) is 12.1 Å². The number of benzene rings is 1. The Labute approximate surface area is 83.6 Å². The SMILES string of the molecule is C[C@@H](O)CCc1cccc2[nH]ccc12. The fourth-order valence-electron chi connectivity index (χ4n) is 1.73. The number of hydrogen-bond donors (Lipinski definition) is 2. The Balaban J connectivity index is 2.27. The third-order valence-electron chi connectivity index (χ3n) is 2.52. The summed E-state index contributed by atoms with van der Waals surface area (Å²) >= 11 is 0. The lowest BCUT2D eigenvalue weighted by Crippen LogP contribution is -2.01. The van der Waals surface area contributed by atoms with E-state index in [4.69, 9.17) is 0 Å². The molecule has 0 saturated carbocycles. The van der Waals surface area contributed by atoms with E-state index >= 15 is 0 Å². The number of aromatic nitrogens is 1. The van der Waals surface area contributed by atoms with Gasteiger partial charge >= 0.3 is 0 Å². The topological polar surface area (TPSA) is 36.0 Å². The monoisotopic (exact) mass is 189 g/mol. The fraction of sp³-hybridized carbons (Fsp3) is 0.333. The lowest BCUT2D eigenvalue weighted by atomic mass is 10.0. The van der Waals surface area contributed by atoms with Crippen molar-refractivity contribution in [2.24, 2.45) is 0 Å². The number of H-pyrrole nitrogens is 1. The number of fused-ring (bicyclic) bond motifs is 1. The van der Waals surface area contributed by atoms with Crippen molar-refractivity contribution in [1.82, 2.24) is 4.98 Å². The van der Waals surface area contributed by atoms with Crippen LogP contribution in [0.5, 0.6) is 0 Å². The average molecular weight is 189 g/mol. The van der Waals surface area contributed by atoms with Crippen LogP contribution >= 0.6 is 0 Å². The summed E-state index contributed by atoms with van der Waals surface area (Å²) in [6, 6.07) is 8.34. The number of hydrogen-bond acceptors (Lipinski definition) is 1. The molecule has 2 aromatic rings. The molecule has 0 unspecified atom stereocenters. The summed E-state index contributed by atoms with van der Waals surface area (Å²) in [5, 5.41) is 10.5. The summed E-state index contributed by atoms with van der Waals surface area (Å²) in [6.07, 6.45) is 3.50. The second-order valence-electron chi connectivity index (χ2n) is 3.74. The molecule has 2 heteroatoms. The summed E-state index contributed by atoms with van der Waals surface area (Å²) in [7, 11) is 0. The van der Waals surface area contributed by atoms with Crippen molar-refractivity contribution in [1.29, 1.82) is 0 Å². The molecule has 14 heavy (non-hydrogen) atoms. The van der Waals surface area contributed by atoms with Gasteiger partial charge < -0.3 is 10.1 Å². The van der Waals surface area contributed by atoms with Crippen LogP contribution in [0.15, 0.2) is 30.5 Å². The predicted molar refractivity (Wildman–Crippen MR) is 58.3 cm³/mol. The number of aliphatic hydroxyl groups is 1. The van der Waals surface area contributed by atoms with Crippen LogP contribution in [0.1, 0.15) is 18.9 Å². The highest BCUT2D eigenvalue weighted by atomic mass is 16.3. The molecule has 1 aromatic carbocycles. The molecule has 0 radical (unpaired) electrons. The smallest absolute Gasteiger partial charge is 0.0515 e. The normalized spacial score (nSPS) is 13.3. The van der Waals surface area contributed by atoms with E-state index in [0.717, 1.165) is 12.8 Å². The first-order valence-electron chi connectivity index (χ1n) is 5.00. The minimum absolute atomic E-state index is 0.218. The number of rotatable bonds is 3. The van der Waals surface area contributed by atoms with Crippen molar-refractivity contribution in [2.45, 2.75) is 25.9 Å². The van der Waals surface area contributed by atoms with Gasteiger partial charge in [-0.05, 0) is 37.5 Å². The minimum Gasteiger partial charge on any atom is -0.393 e. The summed E-state index contributed by atoms with van der Waals surface area (Å²) in [5.41, 5.74) is 2.48. The predicted octanol–water partition coefficient (Wildman–Crippen LogP) is 2.48. The lowest BCUT2D eigenvalue weighted by molar-refractivity contribution is 0.185. The van der Waals surface area contributed by atoms with E-state index in [1.165, 1.54) is 16.5 Å². The molecule has 0 saturated heterocycles. The van der Waals surface area contributed by atoms with Gasteiger partial charge in [0.2, 0.25) is 0 Å². The van der Waals surface area contributed by atoms with Crippen LogP contribution in [0, 0.1) is 0 Å². The summed E-state index contributed by atoms with van der Waals surface area (Å²) in [4.78, 5) is 3.19. The molecule has 2 nitrogen and oxygen atoms in total. The fourth-order valence-corrected chi connectivity index (χ4v) is 1.73. The van der Waals surface area contributed by atoms with Gasteiger partial charge in [0.1, 0.15) is 0 Å². The molecular weight excluding hydrogens is 174 g/mol. The first-order chi connectivity index (χ1) is 6.77. The zero-order chi connectivity index (χ0) is 9.97. The standard InChI is InChI=1S/C12H15NO/c1-9(14)5-6-10-3-2-4-12-11(10)7-8-13-12/h2-4,7-9,13-14H,5-6H2,1H3/t9-/m1/s1. The van der Waals surface area contributed by atoms with Crippen molar-refractivity contribution in [3.63, 3.8) is 0 Å². The maximum absolute atomic E-state index is 9.23. The van der Waals surface area contributed by atoms with Gasteiger partial charge in [-0.3, -0.25) is 0 Å². The molecule has 1 atom stereocenters. The Morgan fingerprint density at radius 2 is 2.21 bits per heavy atom. The maximum atomic E-state index is 9.23. The number of nitrogens with one attached hydrogen (secondary N) is 1. The summed E-state index contributed by atoms with van der Waals surface area (Å²) < 4.78 is 0. The number of aryl methyl sites for hydroxylation is 1. The molecular formula is C12H15NO. The van der Waals surface area contributed by atoms with Crippen molar-refractivity contribution < 1.29 is 5.11 Å². The van der Waals surface area contributed by atoms with Crippen molar-refractivity contribution in [3.8, 4) is 0 Å². The quantitative estimate of drug-likeness (QED) is 0.764. The first kappa shape index (κ1) is 9.28. The van der Waals surface area contributed by atoms with E-state index < -0.39 is 0 Å². The number of aromatic amines is 1. The van der Waals surface area contributed by atoms with Crippen LogP contribution in [0.25, 0.3) is 10.9 Å². The van der Waals surface area contributed by atoms with E-state index in [0.29, 0.717) is 0 Å². The van der Waals surface area contributed by atoms with E-state index in [2.05, 4.69) is 29.2 Å². The molecule has 0 spiro atoms. The Morgan fingerprint density at radius 3 is 3.00 bits per heavy atom. The van der Waals surface area contributed by atoms with Gasteiger partial charge in [0, 0.05) is 17.1 Å². The Kier molecular flexibility index (Phi) is 2.55.